The van der Waals surface area contributed by atoms with Crippen LogP contribution in [0.25, 0.3) is 0 Å². The van der Waals surface area contributed by atoms with Gasteiger partial charge in [-0.1, -0.05) is 5.16 Å². The van der Waals surface area contributed by atoms with Crippen molar-refractivity contribution in [2.45, 2.75) is 47.4 Å². The van der Waals surface area contributed by atoms with Crippen LogP contribution in [-0.2, 0) is 19.7 Å². The van der Waals surface area contributed by atoms with Gasteiger partial charge in [-0.2, -0.15) is 5.10 Å². The second kappa shape index (κ2) is 8.64. The third kappa shape index (κ3) is 4.19. The number of amides is 1. The number of hydrogen-bond donors (Lipinski definition) is 0. The SMILES string of the molecule is CCn1nc(C)c(CN(C)C(=O)c2noc(C)c2COc2ccc(F)cc2F)c1C. The van der Waals surface area contributed by atoms with E-state index in [1.165, 1.54) is 11.0 Å². The van der Waals surface area contributed by atoms with Gasteiger partial charge in [-0.3, -0.25) is 9.48 Å². The predicted molar refractivity (Wildman–Crippen MR) is 105 cm³/mol. The van der Waals surface area contributed by atoms with Gasteiger partial charge in [0.05, 0.1) is 11.3 Å². The molecule has 0 N–H and O–H groups in total. The van der Waals surface area contributed by atoms with Crippen molar-refractivity contribution < 1.29 is 22.8 Å². The molecule has 0 saturated carbocycles. The van der Waals surface area contributed by atoms with Crippen molar-refractivity contribution in [2.24, 2.45) is 0 Å². The topological polar surface area (TPSA) is 73.4 Å². The number of halogens is 2. The molecule has 2 heterocycles. The molecular formula is C21H24F2N4O3. The van der Waals surface area contributed by atoms with Crippen molar-refractivity contribution in [3.63, 3.8) is 0 Å². The molecule has 2 aromatic heterocycles. The molecule has 0 fully saturated rings. The molecule has 0 unspecified atom stereocenters. The van der Waals surface area contributed by atoms with Crippen LogP contribution in [0.4, 0.5) is 8.78 Å². The average Bonchev–Trinajstić information content (AvgIpc) is 3.20. The normalized spacial score (nSPS) is 11.0. The van der Waals surface area contributed by atoms with Crippen LogP contribution in [0.5, 0.6) is 5.75 Å². The van der Waals surface area contributed by atoms with Gasteiger partial charge in [0.1, 0.15) is 18.2 Å². The zero-order valence-electron chi connectivity index (χ0n) is 17.6. The van der Waals surface area contributed by atoms with Gasteiger partial charge in [-0.05, 0) is 39.8 Å². The van der Waals surface area contributed by atoms with Crippen LogP contribution in [0, 0.1) is 32.4 Å². The van der Waals surface area contributed by atoms with Crippen LogP contribution in [-0.4, -0.2) is 32.8 Å². The highest BCUT2D eigenvalue weighted by Crippen LogP contribution is 2.23. The largest absolute Gasteiger partial charge is 0.486 e. The van der Waals surface area contributed by atoms with E-state index in [4.69, 9.17) is 9.26 Å². The Labute approximate surface area is 173 Å². The quantitative estimate of drug-likeness (QED) is 0.581. The summed E-state index contributed by atoms with van der Waals surface area (Å²) in [7, 11) is 1.67. The molecule has 0 radical (unpaired) electrons. The molecule has 3 rings (SSSR count). The van der Waals surface area contributed by atoms with Gasteiger partial charge in [-0.25, -0.2) is 8.78 Å². The Morgan fingerprint density at radius 2 is 1.97 bits per heavy atom. The Morgan fingerprint density at radius 1 is 1.23 bits per heavy atom. The lowest BCUT2D eigenvalue weighted by Crippen LogP contribution is -2.28. The Bertz CT molecular complexity index is 1070. The second-order valence-corrected chi connectivity index (χ2v) is 7.06. The lowest BCUT2D eigenvalue weighted by atomic mass is 10.1. The second-order valence-electron chi connectivity index (χ2n) is 7.06. The summed E-state index contributed by atoms with van der Waals surface area (Å²) in [4.78, 5) is 14.5. The summed E-state index contributed by atoms with van der Waals surface area (Å²) >= 11 is 0. The van der Waals surface area contributed by atoms with E-state index in [9.17, 15) is 13.6 Å². The van der Waals surface area contributed by atoms with Crippen molar-refractivity contribution >= 4 is 5.91 Å². The van der Waals surface area contributed by atoms with E-state index in [2.05, 4.69) is 10.3 Å². The van der Waals surface area contributed by atoms with Gasteiger partial charge < -0.3 is 14.2 Å². The zero-order chi connectivity index (χ0) is 22.0. The molecule has 160 valence electrons. The van der Waals surface area contributed by atoms with E-state index >= 15 is 0 Å². The molecular weight excluding hydrogens is 394 g/mol. The van der Waals surface area contributed by atoms with Gasteiger partial charge in [0, 0.05) is 37.5 Å². The molecule has 3 aromatic rings. The first-order valence-corrected chi connectivity index (χ1v) is 9.54. The minimum atomic E-state index is -0.826. The number of carbonyl (C=O) groups excluding carboxylic acids is 1. The molecule has 7 nitrogen and oxygen atoms in total. The number of nitrogens with zero attached hydrogens (tertiary/aromatic N) is 4. The fraction of sp³-hybridized carbons (Fsp3) is 0.381. The van der Waals surface area contributed by atoms with Crippen molar-refractivity contribution in [3.8, 4) is 5.75 Å². The molecule has 0 aliphatic rings. The van der Waals surface area contributed by atoms with Crippen molar-refractivity contribution in [3.05, 3.63) is 63.8 Å². The summed E-state index contributed by atoms with van der Waals surface area (Å²) in [6.45, 7) is 8.48. The van der Waals surface area contributed by atoms with Crippen molar-refractivity contribution in [2.75, 3.05) is 7.05 Å². The molecule has 0 saturated heterocycles. The van der Waals surface area contributed by atoms with Gasteiger partial charge in [0.25, 0.3) is 5.91 Å². The van der Waals surface area contributed by atoms with Crippen LogP contribution in [0.1, 0.15) is 45.7 Å². The maximum atomic E-state index is 13.8. The predicted octanol–water partition coefficient (Wildman–Crippen LogP) is 3.95. The number of carbonyl (C=O) groups is 1. The highest BCUT2D eigenvalue weighted by atomic mass is 19.1. The lowest BCUT2D eigenvalue weighted by Gasteiger charge is -2.17. The number of aromatic nitrogens is 3. The molecule has 1 amide bonds. The maximum absolute atomic E-state index is 13.8. The van der Waals surface area contributed by atoms with E-state index in [-0.39, 0.29) is 24.0 Å². The summed E-state index contributed by atoms with van der Waals surface area (Å²) in [6.07, 6.45) is 0. The minimum absolute atomic E-state index is 0.0932. The molecule has 0 bridgehead atoms. The van der Waals surface area contributed by atoms with Gasteiger partial charge in [0.2, 0.25) is 0 Å². The van der Waals surface area contributed by atoms with E-state index in [0.717, 1.165) is 35.6 Å². The minimum Gasteiger partial charge on any atom is -0.486 e. The van der Waals surface area contributed by atoms with E-state index in [1.54, 1.807) is 14.0 Å². The molecule has 0 spiro atoms. The number of rotatable bonds is 7. The highest BCUT2D eigenvalue weighted by molar-refractivity contribution is 5.93. The molecule has 0 aliphatic carbocycles. The van der Waals surface area contributed by atoms with E-state index in [1.807, 2.05) is 25.5 Å². The van der Waals surface area contributed by atoms with Crippen LogP contribution in [0.3, 0.4) is 0 Å². The Kier molecular flexibility index (Phi) is 6.19. The molecule has 0 atom stereocenters. The summed E-state index contributed by atoms with van der Waals surface area (Å²) in [5, 5.41) is 8.35. The summed E-state index contributed by atoms with van der Waals surface area (Å²) in [5.74, 6) is -1.61. The van der Waals surface area contributed by atoms with Gasteiger partial charge in [-0.15, -0.1) is 0 Å². The zero-order valence-corrected chi connectivity index (χ0v) is 17.6. The Balaban J connectivity index is 1.77. The van der Waals surface area contributed by atoms with Crippen LogP contribution < -0.4 is 4.74 Å². The maximum Gasteiger partial charge on any atom is 0.276 e. The van der Waals surface area contributed by atoms with Gasteiger partial charge in [0.15, 0.2) is 17.3 Å². The number of hydrogen-bond acceptors (Lipinski definition) is 5. The summed E-state index contributed by atoms with van der Waals surface area (Å²) < 4.78 is 39.4. The first kappa shape index (κ1) is 21.5. The number of ether oxygens (including phenoxy) is 1. The molecule has 1 aromatic carbocycles. The lowest BCUT2D eigenvalue weighted by molar-refractivity contribution is 0.0772. The third-order valence-electron chi connectivity index (χ3n) is 5.03. The van der Waals surface area contributed by atoms with Crippen molar-refractivity contribution in [1.29, 1.82) is 0 Å². The van der Waals surface area contributed by atoms with Crippen LogP contribution >= 0.6 is 0 Å². The Hall–Kier alpha value is -3.23. The third-order valence-corrected chi connectivity index (χ3v) is 5.03. The number of aryl methyl sites for hydroxylation is 3. The fourth-order valence-electron chi connectivity index (χ4n) is 3.23. The van der Waals surface area contributed by atoms with Crippen LogP contribution in [0.15, 0.2) is 22.7 Å². The Morgan fingerprint density at radius 3 is 2.60 bits per heavy atom. The molecule has 30 heavy (non-hydrogen) atoms. The standard InChI is InChI=1S/C21H24F2N4O3/c1-6-27-13(3)16(12(2)24-27)10-26(5)21(28)20-17(14(4)30-25-20)11-29-19-8-7-15(22)9-18(19)23/h7-9H,6,10-11H2,1-5H3. The van der Waals surface area contributed by atoms with Crippen molar-refractivity contribution in [1.82, 2.24) is 19.8 Å². The first-order chi connectivity index (χ1) is 14.2. The highest BCUT2D eigenvalue weighted by Gasteiger charge is 2.25. The smallest absolute Gasteiger partial charge is 0.276 e. The fourth-order valence-corrected chi connectivity index (χ4v) is 3.23. The van der Waals surface area contributed by atoms with E-state index in [0.29, 0.717) is 17.9 Å². The summed E-state index contributed by atoms with van der Waals surface area (Å²) in [6, 6.07) is 3.02. The van der Waals surface area contributed by atoms with Crippen LogP contribution in [0.2, 0.25) is 0 Å². The average molecular weight is 418 g/mol. The monoisotopic (exact) mass is 418 g/mol. The van der Waals surface area contributed by atoms with Gasteiger partial charge >= 0.3 is 0 Å². The first-order valence-electron chi connectivity index (χ1n) is 9.54. The summed E-state index contributed by atoms with van der Waals surface area (Å²) in [5.41, 5.74) is 3.34. The molecule has 9 heteroatoms. The molecule has 0 aliphatic heterocycles. The van der Waals surface area contributed by atoms with E-state index < -0.39 is 11.6 Å². The number of benzene rings is 1.